The van der Waals surface area contributed by atoms with Gasteiger partial charge in [-0.3, -0.25) is 0 Å². The second kappa shape index (κ2) is 17.7. The maximum absolute atomic E-state index is 2.77. The second-order valence-electron chi connectivity index (χ2n) is 20.0. The van der Waals surface area contributed by atoms with Crippen molar-refractivity contribution in [3.8, 4) is 22.3 Å². The summed E-state index contributed by atoms with van der Waals surface area (Å²) < 4.78 is 23.8. The molecule has 12 rings (SSSR count). The standard InChI is InChI=1S/2C13H9.2C9H7.2C5H5.6CH3.3Zr/c2*1-3-7-12-10(5-1)9-11-6-2-4-8-13(11)12;2*1-2-5-9-7-3-6-8(9)4-1;2*1-2-4-5-3-1;;;;;;;;;/h2*1-5,7-8H,9H2;2*1-7H;2*1-3H,4H2;6*1H3;;;. The summed E-state index contributed by atoms with van der Waals surface area (Å²) in [7, 11) is 0. The van der Waals surface area contributed by atoms with Crippen LogP contribution >= 0.6 is 0 Å². The van der Waals surface area contributed by atoms with E-state index in [-0.39, 0.29) is 0 Å². The molecule has 3 heteroatoms. The molecule has 6 aromatic rings. The van der Waals surface area contributed by atoms with E-state index in [0.29, 0.717) is 7.25 Å². The van der Waals surface area contributed by atoms with Gasteiger partial charge in [-0.1, -0.05) is 0 Å². The molecule has 2 unspecified atom stereocenters. The van der Waals surface area contributed by atoms with Crippen LogP contribution in [0.3, 0.4) is 0 Å². The van der Waals surface area contributed by atoms with Crippen molar-refractivity contribution in [2.45, 2.75) is 60.7 Å². The average Bonchev–Trinajstić information content (AvgIpc) is 4.17. The Balaban J connectivity index is 0.000000121. The van der Waals surface area contributed by atoms with Crippen LogP contribution in [0.2, 0.25) is 27.8 Å². The molecule has 0 spiro atoms. The molecule has 312 valence electrons. The van der Waals surface area contributed by atoms with Crippen molar-refractivity contribution in [1.82, 2.24) is 0 Å². The van der Waals surface area contributed by atoms with E-state index in [0.717, 1.165) is 12.8 Å². The molecule has 0 fully saturated rings. The van der Waals surface area contributed by atoms with Gasteiger partial charge in [0.05, 0.1) is 0 Å². The van der Waals surface area contributed by atoms with Gasteiger partial charge in [-0.05, 0) is 0 Å². The van der Waals surface area contributed by atoms with Crippen molar-refractivity contribution in [3.05, 3.63) is 233 Å². The third kappa shape index (κ3) is 8.00. The number of benzene rings is 6. The Bertz CT molecular complexity index is 2750. The summed E-state index contributed by atoms with van der Waals surface area (Å²) in [6, 6.07) is 49.9. The summed E-state index contributed by atoms with van der Waals surface area (Å²) in [4.78, 5) is 0. The molecule has 0 saturated carbocycles. The molecule has 6 aromatic carbocycles. The summed E-state index contributed by atoms with van der Waals surface area (Å²) in [6.07, 6.45) is 28.0. The first-order valence-electron chi connectivity index (χ1n) is 23.2. The van der Waals surface area contributed by atoms with Gasteiger partial charge in [0, 0.05) is 0 Å². The SMILES string of the molecule is [CH3][Zr]([CH3])([CH]1C=Cc2ccccc21)[CH]1C=Cc2ccccc21.[CH3][Zr]([CH3])([C]1=CC=CC1)[C]1=CC=CC1.[CH3][Zr]([CH3])([c]1cccc2c1Cc1ccccc1-2)[c]1cccc2c1Cc1ccccc1-2. The number of hydrogen-bond donors (Lipinski definition) is 0. The Morgan fingerprint density at radius 2 is 0.825 bits per heavy atom. The normalized spacial score (nSPS) is 18.0. The molecule has 0 N–H and O–H groups in total. The van der Waals surface area contributed by atoms with Gasteiger partial charge in [0.1, 0.15) is 0 Å². The Kier molecular flexibility index (Phi) is 12.1. The summed E-state index contributed by atoms with van der Waals surface area (Å²) in [6.45, 7) is 0. The summed E-state index contributed by atoms with van der Waals surface area (Å²) in [5.74, 6) is 0. The van der Waals surface area contributed by atoms with Crippen molar-refractivity contribution < 1.29 is 60.8 Å². The van der Waals surface area contributed by atoms with Crippen LogP contribution in [0.5, 0.6) is 0 Å². The zero-order valence-corrected chi connectivity index (χ0v) is 45.3. The third-order valence-corrected chi connectivity index (χ3v) is 44.4. The molecule has 0 nitrogen and oxygen atoms in total. The maximum atomic E-state index is 2.62. The number of allylic oxidation sites excluding steroid dienone is 10. The van der Waals surface area contributed by atoms with Crippen LogP contribution in [-0.2, 0) is 73.6 Å². The molecule has 0 radical (unpaired) electrons. The molecule has 0 aliphatic heterocycles. The molecule has 0 heterocycles. The Labute approximate surface area is 391 Å². The molecule has 63 heavy (non-hydrogen) atoms. The van der Waals surface area contributed by atoms with E-state index in [1.54, 1.807) is 35.4 Å². The van der Waals surface area contributed by atoms with E-state index in [1.165, 1.54) is 57.3 Å². The van der Waals surface area contributed by atoms with Crippen molar-refractivity contribution >= 4 is 18.7 Å². The van der Waals surface area contributed by atoms with Gasteiger partial charge in [-0.25, -0.2) is 0 Å². The Morgan fingerprint density at radius 1 is 0.413 bits per heavy atom. The topological polar surface area (TPSA) is 0 Å². The molecular formula is C60H60Zr3. The molecule has 0 bridgehead atoms. The van der Waals surface area contributed by atoms with E-state index in [1.807, 2.05) is 0 Å². The fraction of sp³-hybridized carbons (Fsp3) is 0.200. The minimum atomic E-state index is -2.77. The first-order chi connectivity index (χ1) is 30.5. The van der Waals surface area contributed by atoms with Crippen LogP contribution in [0, 0.1) is 0 Å². The predicted octanol–water partition coefficient (Wildman–Crippen LogP) is 15.7. The van der Waals surface area contributed by atoms with Crippen LogP contribution in [0.1, 0.15) is 64.6 Å². The number of fused-ring (bicyclic) bond motifs is 8. The molecule has 2 atom stereocenters. The van der Waals surface area contributed by atoms with E-state index >= 15 is 0 Å². The van der Waals surface area contributed by atoms with Gasteiger partial charge in [-0.15, -0.1) is 0 Å². The van der Waals surface area contributed by atoms with Gasteiger partial charge in [0.15, 0.2) is 0 Å². The molecular weight excluding hydrogens is 994 g/mol. The first kappa shape index (κ1) is 43.3. The van der Waals surface area contributed by atoms with E-state index in [4.69, 9.17) is 0 Å². The Hall–Kier alpha value is -3.59. The van der Waals surface area contributed by atoms with Crippen LogP contribution in [-0.4, -0.2) is 0 Å². The molecule has 0 amide bonds. The van der Waals surface area contributed by atoms with Crippen molar-refractivity contribution in [3.63, 3.8) is 0 Å². The zero-order valence-electron chi connectivity index (χ0n) is 38.0. The summed E-state index contributed by atoms with van der Waals surface area (Å²) >= 11 is -7.16. The van der Waals surface area contributed by atoms with Gasteiger partial charge in [0.25, 0.3) is 0 Å². The quantitative estimate of drug-likeness (QED) is 0.156. The van der Waals surface area contributed by atoms with Gasteiger partial charge in [0.2, 0.25) is 0 Å². The molecule has 6 aliphatic carbocycles. The van der Waals surface area contributed by atoms with E-state index in [2.05, 4.69) is 222 Å². The number of hydrogen-bond acceptors (Lipinski definition) is 0. The second-order valence-corrected chi connectivity index (χ2v) is 53.8. The molecule has 0 saturated heterocycles. The van der Waals surface area contributed by atoms with E-state index < -0.39 is 60.8 Å². The molecule has 0 aromatic heterocycles. The van der Waals surface area contributed by atoms with Crippen molar-refractivity contribution in [2.24, 2.45) is 0 Å². The van der Waals surface area contributed by atoms with Crippen LogP contribution in [0.15, 0.2) is 189 Å². The average molecular weight is 1050 g/mol. The monoisotopic (exact) mass is 1050 g/mol. The number of rotatable bonds is 6. The first-order valence-corrected chi connectivity index (χ1v) is 45.7. The molecule has 6 aliphatic rings. The van der Waals surface area contributed by atoms with Crippen molar-refractivity contribution in [1.29, 1.82) is 0 Å². The summed E-state index contributed by atoms with van der Waals surface area (Å²) in [5, 5.41) is 0. The van der Waals surface area contributed by atoms with Crippen LogP contribution in [0.25, 0.3) is 34.4 Å². The van der Waals surface area contributed by atoms with Crippen LogP contribution in [0.4, 0.5) is 0 Å². The van der Waals surface area contributed by atoms with Gasteiger partial charge < -0.3 is 0 Å². The van der Waals surface area contributed by atoms with Crippen molar-refractivity contribution in [2.75, 3.05) is 0 Å². The van der Waals surface area contributed by atoms with E-state index in [9.17, 15) is 0 Å². The fourth-order valence-corrected chi connectivity index (χ4v) is 35.4. The minimum absolute atomic E-state index is 0.691. The van der Waals surface area contributed by atoms with Crippen LogP contribution < -0.4 is 6.54 Å². The fourth-order valence-electron chi connectivity index (χ4n) is 11.6. The zero-order chi connectivity index (χ0) is 43.3. The van der Waals surface area contributed by atoms with Gasteiger partial charge >= 0.3 is 396 Å². The summed E-state index contributed by atoms with van der Waals surface area (Å²) in [5.41, 5.74) is 18.0. The van der Waals surface area contributed by atoms with Gasteiger partial charge in [-0.2, -0.15) is 0 Å². The predicted molar refractivity (Wildman–Crippen MR) is 264 cm³/mol. The third-order valence-electron chi connectivity index (χ3n) is 15.4. The Morgan fingerprint density at radius 3 is 1.27 bits per heavy atom.